The normalized spacial score (nSPS) is 10.9. The zero-order valence-corrected chi connectivity index (χ0v) is 16.2. The number of benzene rings is 3. The number of rotatable bonds is 4. The van der Waals surface area contributed by atoms with E-state index in [0.29, 0.717) is 21.6 Å². The van der Waals surface area contributed by atoms with Crippen LogP contribution in [0.1, 0.15) is 0 Å². The monoisotopic (exact) mass is 425 g/mol. The zero-order chi connectivity index (χ0) is 21.3. The number of aromatic nitrogens is 2. The third-order valence-electron chi connectivity index (χ3n) is 4.50. The lowest BCUT2D eigenvalue weighted by molar-refractivity contribution is -0.116. The number of nitrogens with zero attached hydrogens (tertiary/aromatic N) is 2. The van der Waals surface area contributed by atoms with Crippen molar-refractivity contribution in [1.82, 2.24) is 9.55 Å². The van der Waals surface area contributed by atoms with Gasteiger partial charge in [0, 0.05) is 21.7 Å². The fourth-order valence-electron chi connectivity index (χ4n) is 3.14. The van der Waals surface area contributed by atoms with Gasteiger partial charge < -0.3 is 5.32 Å². The number of hydrogen-bond donors (Lipinski definition) is 1. The van der Waals surface area contributed by atoms with E-state index in [9.17, 15) is 18.4 Å². The van der Waals surface area contributed by atoms with Crippen molar-refractivity contribution in [1.29, 1.82) is 0 Å². The van der Waals surface area contributed by atoms with Crippen LogP contribution < -0.4 is 11.0 Å². The summed E-state index contributed by atoms with van der Waals surface area (Å²) in [6, 6.07) is 15.9. The fraction of sp³-hybridized carbons (Fsp3) is 0.0455. The third-order valence-corrected chi connectivity index (χ3v) is 4.74. The molecule has 0 spiro atoms. The van der Waals surface area contributed by atoms with Crippen LogP contribution in [0.3, 0.4) is 0 Å². The standard InChI is InChI=1S/C22H14ClF2N3O2/c23-13-5-10-19-17(11-13)21(16-3-1-2-4-18(16)25)27-22(30)28(19)12-20(29)26-15-8-6-14(24)7-9-15/h1-11H,12H2,(H,26,29). The highest BCUT2D eigenvalue weighted by atomic mass is 35.5. The SMILES string of the molecule is O=C(Cn1c(=O)nc(-c2ccccc2F)c2cc(Cl)ccc21)Nc1ccc(F)cc1. The predicted octanol–water partition coefficient (Wildman–Crippen LogP) is 4.63. The molecule has 1 N–H and O–H groups in total. The minimum atomic E-state index is -0.711. The topological polar surface area (TPSA) is 64.0 Å². The molecule has 0 atom stereocenters. The minimum absolute atomic E-state index is 0.144. The Kier molecular flexibility index (Phi) is 5.29. The van der Waals surface area contributed by atoms with Crippen molar-refractivity contribution in [3.63, 3.8) is 0 Å². The van der Waals surface area contributed by atoms with Gasteiger partial charge in [0.05, 0.1) is 11.2 Å². The molecular weight excluding hydrogens is 412 g/mol. The van der Waals surface area contributed by atoms with Gasteiger partial charge in [0.2, 0.25) is 5.91 Å². The lowest BCUT2D eigenvalue weighted by atomic mass is 10.1. The van der Waals surface area contributed by atoms with Gasteiger partial charge in [0.1, 0.15) is 18.2 Å². The number of carbonyl (C=O) groups excluding carboxylic acids is 1. The van der Waals surface area contributed by atoms with E-state index < -0.39 is 23.2 Å². The summed E-state index contributed by atoms with van der Waals surface area (Å²) in [5.41, 5.74) is 0.359. The number of carbonyl (C=O) groups is 1. The maximum Gasteiger partial charge on any atom is 0.349 e. The molecule has 0 bridgehead atoms. The molecule has 0 radical (unpaired) electrons. The summed E-state index contributed by atoms with van der Waals surface area (Å²) in [6.07, 6.45) is 0. The number of anilines is 1. The van der Waals surface area contributed by atoms with Crippen LogP contribution in [0.15, 0.2) is 71.5 Å². The smallest absolute Gasteiger partial charge is 0.325 e. The molecule has 1 aromatic heterocycles. The molecule has 0 fully saturated rings. The maximum atomic E-state index is 14.3. The second-order valence-corrected chi connectivity index (χ2v) is 6.96. The Morgan fingerprint density at radius 3 is 2.50 bits per heavy atom. The van der Waals surface area contributed by atoms with Crippen molar-refractivity contribution in [3.05, 3.63) is 93.9 Å². The first kappa shape index (κ1) is 19.7. The number of hydrogen-bond acceptors (Lipinski definition) is 3. The van der Waals surface area contributed by atoms with Gasteiger partial charge >= 0.3 is 5.69 Å². The molecule has 0 unspecified atom stereocenters. The summed E-state index contributed by atoms with van der Waals surface area (Å²) < 4.78 is 28.6. The Balaban J connectivity index is 1.78. The van der Waals surface area contributed by atoms with E-state index in [1.165, 1.54) is 47.0 Å². The summed E-state index contributed by atoms with van der Waals surface area (Å²) in [7, 11) is 0. The predicted molar refractivity (Wildman–Crippen MR) is 111 cm³/mol. The first-order valence-electron chi connectivity index (χ1n) is 8.93. The van der Waals surface area contributed by atoms with E-state index in [1.807, 2.05) is 0 Å². The molecule has 30 heavy (non-hydrogen) atoms. The van der Waals surface area contributed by atoms with Crippen molar-refractivity contribution in [2.75, 3.05) is 5.32 Å². The highest BCUT2D eigenvalue weighted by molar-refractivity contribution is 6.31. The van der Waals surface area contributed by atoms with Gasteiger partial charge in [-0.25, -0.2) is 13.6 Å². The summed E-state index contributed by atoms with van der Waals surface area (Å²) in [6.45, 7) is -0.334. The van der Waals surface area contributed by atoms with Crippen LogP contribution in [-0.2, 0) is 11.3 Å². The first-order chi connectivity index (χ1) is 14.4. The number of nitrogens with one attached hydrogen (secondary N) is 1. The molecule has 0 aliphatic heterocycles. The van der Waals surface area contributed by atoms with Gasteiger partial charge in [-0.1, -0.05) is 23.7 Å². The molecule has 0 aliphatic rings. The second kappa shape index (κ2) is 8.04. The summed E-state index contributed by atoms with van der Waals surface area (Å²) in [5, 5.41) is 3.41. The lowest BCUT2D eigenvalue weighted by Crippen LogP contribution is -2.30. The number of halogens is 3. The lowest BCUT2D eigenvalue weighted by Gasteiger charge is -2.13. The molecule has 1 amide bonds. The quantitative estimate of drug-likeness (QED) is 0.518. The van der Waals surface area contributed by atoms with Crippen LogP contribution >= 0.6 is 11.6 Å². The van der Waals surface area contributed by atoms with E-state index in [4.69, 9.17) is 11.6 Å². The van der Waals surface area contributed by atoms with Gasteiger partial charge in [0.15, 0.2) is 0 Å². The molecule has 8 heteroatoms. The van der Waals surface area contributed by atoms with Crippen LogP contribution in [0.25, 0.3) is 22.2 Å². The third kappa shape index (κ3) is 3.92. The molecule has 4 aromatic rings. The van der Waals surface area contributed by atoms with Gasteiger partial charge in [-0.15, -0.1) is 0 Å². The largest absolute Gasteiger partial charge is 0.349 e. The van der Waals surface area contributed by atoms with E-state index in [-0.39, 0.29) is 17.8 Å². The summed E-state index contributed by atoms with van der Waals surface area (Å²) >= 11 is 6.12. The van der Waals surface area contributed by atoms with Crippen LogP contribution in [0.4, 0.5) is 14.5 Å². The van der Waals surface area contributed by atoms with Crippen LogP contribution in [0.5, 0.6) is 0 Å². The Hall–Kier alpha value is -3.58. The highest BCUT2D eigenvalue weighted by Crippen LogP contribution is 2.29. The number of amides is 1. The summed E-state index contributed by atoms with van der Waals surface area (Å²) in [5.74, 6) is -1.46. The molecule has 4 rings (SSSR count). The Morgan fingerprint density at radius 2 is 1.77 bits per heavy atom. The Morgan fingerprint density at radius 1 is 1.03 bits per heavy atom. The van der Waals surface area contributed by atoms with Crippen LogP contribution in [0, 0.1) is 11.6 Å². The van der Waals surface area contributed by atoms with Gasteiger partial charge in [-0.3, -0.25) is 9.36 Å². The molecule has 3 aromatic carbocycles. The average Bonchev–Trinajstić information content (AvgIpc) is 2.72. The Labute approximate surface area is 174 Å². The van der Waals surface area contributed by atoms with Crippen molar-refractivity contribution in [3.8, 4) is 11.3 Å². The van der Waals surface area contributed by atoms with Gasteiger partial charge in [-0.05, 0) is 54.6 Å². The molecule has 1 heterocycles. The fourth-order valence-corrected chi connectivity index (χ4v) is 3.31. The van der Waals surface area contributed by atoms with Crippen molar-refractivity contribution < 1.29 is 13.6 Å². The molecule has 150 valence electrons. The van der Waals surface area contributed by atoms with Crippen LogP contribution in [0.2, 0.25) is 5.02 Å². The maximum absolute atomic E-state index is 14.3. The average molecular weight is 426 g/mol. The van der Waals surface area contributed by atoms with E-state index in [2.05, 4.69) is 10.3 Å². The van der Waals surface area contributed by atoms with Crippen molar-refractivity contribution >= 4 is 34.1 Å². The van der Waals surface area contributed by atoms with E-state index >= 15 is 0 Å². The summed E-state index contributed by atoms with van der Waals surface area (Å²) in [4.78, 5) is 29.2. The van der Waals surface area contributed by atoms with Crippen molar-refractivity contribution in [2.24, 2.45) is 0 Å². The highest BCUT2D eigenvalue weighted by Gasteiger charge is 2.17. The zero-order valence-electron chi connectivity index (χ0n) is 15.4. The minimum Gasteiger partial charge on any atom is -0.325 e. The van der Waals surface area contributed by atoms with E-state index in [1.54, 1.807) is 24.3 Å². The van der Waals surface area contributed by atoms with Crippen molar-refractivity contribution in [2.45, 2.75) is 6.54 Å². The van der Waals surface area contributed by atoms with E-state index in [0.717, 1.165) is 0 Å². The molecule has 5 nitrogen and oxygen atoms in total. The van der Waals surface area contributed by atoms with Gasteiger partial charge in [-0.2, -0.15) is 4.98 Å². The molecule has 0 saturated heterocycles. The molecule has 0 aliphatic carbocycles. The second-order valence-electron chi connectivity index (χ2n) is 6.53. The Bertz CT molecular complexity index is 1320. The molecular formula is C22H14ClF2N3O2. The first-order valence-corrected chi connectivity index (χ1v) is 9.30. The van der Waals surface area contributed by atoms with Crippen LogP contribution in [-0.4, -0.2) is 15.5 Å². The molecule has 0 saturated carbocycles. The number of fused-ring (bicyclic) bond motifs is 1. The van der Waals surface area contributed by atoms with Gasteiger partial charge in [0.25, 0.3) is 0 Å².